The number of carbonyl (C=O) groups is 1. The predicted molar refractivity (Wildman–Crippen MR) is 129 cm³/mol. The second-order valence-corrected chi connectivity index (χ2v) is 9.29. The van der Waals surface area contributed by atoms with Crippen molar-refractivity contribution in [3.05, 3.63) is 48.0 Å². The molecule has 7 nitrogen and oxygen atoms in total. The van der Waals surface area contributed by atoms with Crippen molar-refractivity contribution in [3.63, 3.8) is 0 Å². The third-order valence-electron chi connectivity index (χ3n) is 5.69. The summed E-state index contributed by atoms with van der Waals surface area (Å²) in [6.07, 6.45) is 4.50. The average Bonchev–Trinajstić information content (AvgIpc) is 3.21. The molecule has 0 radical (unpaired) electrons. The van der Waals surface area contributed by atoms with Crippen LogP contribution in [0.5, 0.6) is 11.5 Å². The summed E-state index contributed by atoms with van der Waals surface area (Å²) in [4.78, 5) is 22.1. The van der Waals surface area contributed by atoms with E-state index in [1.54, 1.807) is 26.5 Å². The van der Waals surface area contributed by atoms with E-state index in [0.717, 1.165) is 29.6 Å². The molecule has 3 heterocycles. The molecule has 1 aromatic carbocycles. The van der Waals surface area contributed by atoms with Crippen LogP contribution >= 0.6 is 0 Å². The van der Waals surface area contributed by atoms with Gasteiger partial charge in [-0.15, -0.1) is 0 Å². The van der Waals surface area contributed by atoms with E-state index in [0.29, 0.717) is 34.8 Å². The predicted octanol–water partition coefficient (Wildman–Crippen LogP) is 4.82. The first kappa shape index (κ1) is 23.8. The van der Waals surface area contributed by atoms with Crippen molar-refractivity contribution in [2.45, 2.75) is 32.8 Å². The number of carbonyl (C=O) groups excluding carboxylic acids is 1. The quantitative estimate of drug-likeness (QED) is 0.524. The Labute approximate surface area is 198 Å². The van der Waals surface area contributed by atoms with Gasteiger partial charge in [0, 0.05) is 35.3 Å². The van der Waals surface area contributed by atoms with Crippen LogP contribution in [0, 0.1) is 5.82 Å². The number of ether oxygens (including phenoxy) is 3. The van der Waals surface area contributed by atoms with Crippen LogP contribution in [0.15, 0.2) is 36.5 Å². The SMILES string of the molecule is COc1ccc(F)cc1-c1c(OC)cnc2[nH]c(C3=CCN(CC(=O)OC(C)(C)C)CC3)cc12. The summed E-state index contributed by atoms with van der Waals surface area (Å²) in [5, 5.41) is 0.815. The van der Waals surface area contributed by atoms with Crippen LogP contribution in [0.1, 0.15) is 32.9 Å². The number of pyridine rings is 1. The summed E-state index contributed by atoms with van der Waals surface area (Å²) >= 11 is 0. The summed E-state index contributed by atoms with van der Waals surface area (Å²) in [5.41, 5.74) is 3.56. The molecule has 4 rings (SSSR count). The van der Waals surface area contributed by atoms with E-state index < -0.39 is 5.60 Å². The molecular formula is C26H30FN3O4. The number of aromatic nitrogens is 2. The van der Waals surface area contributed by atoms with E-state index in [1.165, 1.54) is 12.1 Å². The van der Waals surface area contributed by atoms with E-state index in [-0.39, 0.29) is 18.3 Å². The van der Waals surface area contributed by atoms with Crippen LogP contribution < -0.4 is 9.47 Å². The zero-order valence-electron chi connectivity index (χ0n) is 20.2. The lowest BCUT2D eigenvalue weighted by Crippen LogP contribution is -2.37. The van der Waals surface area contributed by atoms with Gasteiger partial charge in [-0.3, -0.25) is 9.69 Å². The van der Waals surface area contributed by atoms with Crippen molar-refractivity contribution in [2.75, 3.05) is 33.9 Å². The highest BCUT2D eigenvalue weighted by molar-refractivity contribution is 5.99. The van der Waals surface area contributed by atoms with Crippen LogP contribution in [0.4, 0.5) is 4.39 Å². The molecule has 0 saturated carbocycles. The van der Waals surface area contributed by atoms with Gasteiger partial charge >= 0.3 is 5.97 Å². The van der Waals surface area contributed by atoms with Gasteiger partial charge in [0.15, 0.2) is 0 Å². The summed E-state index contributed by atoms with van der Waals surface area (Å²) in [7, 11) is 3.12. The lowest BCUT2D eigenvalue weighted by Gasteiger charge is -2.27. The highest BCUT2D eigenvalue weighted by Crippen LogP contribution is 2.42. The highest BCUT2D eigenvalue weighted by Gasteiger charge is 2.23. The van der Waals surface area contributed by atoms with Gasteiger partial charge in [0.05, 0.1) is 27.0 Å². The Bertz CT molecular complexity index is 1240. The first-order valence-electron chi connectivity index (χ1n) is 11.2. The fraction of sp³-hybridized carbons (Fsp3) is 0.385. The van der Waals surface area contributed by atoms with Crippen LogP contribution in [0.25, 0.3) is 27.7 Å². The molecule has 1 aliphatic heterocycles. The smallest absolute Gasteiger partial charge is 0.320 e. The van der Waals surface area contributed by atoms with Crippen molar-refractivity contribution < 1.29 is 23.4 Å². The van der Waals surface area contributed by atoms with Gasteiger partial charge in [-0.05, 0) is 57.0 Å². The second kappa shape index (κ2) is 9.46. The number of hydrogen-bond donors (Lipinski definition) is 1. The Morgan fingerprint density at radius 3 is 2.59 bits per heavy atom. The fourth-order valence-electron chi connectivity index (χ4n) is 4.19. The number of nitrogens with zero attached hydrogens (tertiary/aromatic N) is 2. The van der Waals surface area contributed by atoms with Crippen molar-refractivity contribution in [1.29, 1.82) is 0 Å². The van der Waals surface area contributed by atoms with Crippen LogP contribution in [0.3, 0.4) is 0 Å². The maximum atomic E-state index is 14.2. The normalized spacial score (nSPS) is 14.7. The Morgan fingerprint density at radius 1 is 1.18 bits per heavy atom. The van der Waals surface area contributed by atoms with Gasteiger partial charge in [0.2, 0.25) is 0 Å². The molecule has 0 unspecified atom stereocenters. The maximum Gasteiger partial charge on any atom is 0.320 e. The van der Waals surface area contributed by atoms with Crippen molar-refractivity contribution >= 4 is 22.6 Å². The van der Waals surface area contributed by atoms with E-state index in [9.17, 15) is 9.18 Å². The topological polar surface area (TPSA) is 76.7 Å². The Hall–Kier alpha value is -3.39. The van der Waals surface area contributed by atoms with Crippen LogP contribution in [-0.4, -0.2) is 60.3 Å². The Kier molecular flexibility index (Phi) is 6.61. The number of rotatable bonds is 6. The number of esters is 1. The largest absolute Gasteiger partial charge is 0.496 e. The summed E-state index contributed by atoms with van der Waals surface area (Å²) < 4.78 is 30.6. The van der Waals surface area contributed by atoms with Gasteiger partial charge in [0.25, 0.3) is 0 Å². The Morgan fingerprint density at radius 2 is 1.94 bits per heavy atom. The minimum atomic E-state index is -0.492. The number of aromatic amines is 1. The number of benzene rings is 1. The molecule has 1 aliphatic rings. The van der Waals surface area contributed by atoms with Gasteiger partial charge < -0.3 is 19.2 Å². The van der Waals surface area contributed by atoms with Gasteiger partial charge in [-0.1, -0.05) is 6.08 Å². The molecule has 34 heavy (non-hydrogen) atoms. The molecule has 8 heteroatoms. The number of methoxy groups -OCH3 is 2. The standard InChI is InChI=1S/C26H30FN3O4/c1-26(2,3)34-23(31)15-30-10-8-16(9-11-30)20-13-19-24(22(33-5)14-28-25(19)29-20)18-12-17(27)6-7-21(18)32-4/h6-8,12-14H,9-11,15H2,1-5H3,(H,28,29). The molecule has 0 fully saturated rings. The maximum absolute atomic E-state index is 14.2. The third kappa shape index (κ3) is 5.07. The first-order chi connectivity index (χ1) is 16.2. The number of hydrogen-bond acceptors (Lipinski definition) is 6. The number of fused-ring (bicyclic) bond motifs is 1. The molecule has 0 amide bonds. The number of halogens is 1. The third-order valence-corrected chi connectivity index (χ3v) is 5.69. The monoisotopic (exact) mass is 467 g/mol. The number of nitrogens with one attached hydrogen (secondary N) is 1. The van der Waals surface area contributed by atoms with Crippen molar-refractivity contribution in [3.8, 4) is 22.6 Å². The van der Waals surface area contributed by atoms with Gasteiger partial charge in [-0.2, -0.15) is 0 Å². The molecule has 0 spiro atoms. The van der Waals surface area contributed by atoms with Gasteiger partial charge in [0.1, 0.15) is 28.6 Å². The second-order valence-electron chi connectivity index (χ2n) is 9.29. The van der Waals surface area contributed by atoms with Crippen LogP contribution in [0.2, 0.25) is 0 Å². The molecule has 1 N–H and O–H groups in total. The van der Waals surface area contributed by atoms with Crippen molar-refractivity contribution in [2.24, 2.45) is 0 Å². The molecule has 2 aromatic heterocycles. The average molecular weight is 468 g/mol. The zero-order valence-corrected chi connectivity index (χ0v) is 20.2. The summed E-state index contributed by atoms with van der Waals surface area (Å²) in [6.45, 7) is 7.24. The Balaban J connectivity index is 1.64. The van der Waals surface area contributed by atoms with Crippen molar-refractivity contribution in [1.82, 2.24) is 14.9 Å². The van der Waals surface area contributed by atoms with Gasteiger partial charge in [-0.25, -0.2) is 9.37 Å². The molecule has 0 aliphatic carbocycles. The molecular weight excluding hydrogens is 437 g/mol. The highest BCUT2D eigenvalue weighted by atomic mass is 19.1. The first-order valence-corrected chi connectivity index (χ1v) is 11.2. The summed E-state index contributed by atoms with van der Waals surface area (Å²) in [5.74, 6) is 0.492. The molecule has 3 aromatic rings. The minimum absolute atomic E-state index is 0.222. The molecule has 180 valence electrons. The molecule has 0 bridgehead atoms. The van der Waals surface area contributed by atoms with E-state index in [2.05, 4.69) is 20.9 Å². The zero-order chi connectivity index (χ0) is 24.5. The fourth-order valence-corrected chi connectivity index (χ4v) is 4.19. The summed E-state index contributed by atoms with van der Waals surface area (Å²) in [6, 6.07) is 6.43. The molecule has 0 saturated heterocycles. The van der Waals surface area contributed by atoms with E-state index in [1.807, 2.05) is 26.8 Å². The lowest BCUT2D eigenvalue weighted by molar-refractivity contribution is -0.156. The van der Waals surface area contributed by atoms with E-state index in [4.69, 9.17) is 14.2 Å². The minimum Gasteiger partial charge on any atom is -0.496 e. The lowest BCUT2D eigenvalue weighted by atomic mass is 10.00. The van der Waals surface area contributed by atoms with E-state index >= 15 is 0 Å². The molecule has 0 atom stereocenters. The van der Waals surface area contributed by atoms with Crippen LogP contribution in [-0.2, 0) is 9.53 Å². The number of H-pyrrole nitrogens is 1.